The summed E-state index contributed by atoms with van der Waals surface area (Å²) < 4.78 is 11.7. The van der Waals surface area contributed by atoms with E-state index in [1.165, 1.54) is 0 Å². The number of carbonyl (C=O) groups is 2. The van der Waals surface area contributed by atoms with Gasteiger partial charge in [0.2, 0.25) is 0 Å². The number of aliphatic hydroxyl groups is 2. The van der Waals surface area contributed by atoms with E-state index in [1.807, 2.05) is 51.3 Å². The Morgan fingerprint density at radius 2 is 1.91 bits per heavy atom. The van der Waals surface area contributed by atoms with Gasteiger partial charge in [0.25, 0.3) is 0 Å². The number of esters is 1. The van der Waals surface area contributed by atoms with Gasteiger partial charge in [-0.2, -0.15) is 0 Å². The van der Waals surface area contributed by atoms with Crippen LogP contribution in [0.2, 0.25) is 0 Å². The van der Waals surface area contributed by atoms with Gasteiger partial charge in [0, 0.05) is 23.6 Å². The number of ketones is 1. The molecule has 0 saturated carbocycles. The van der Waals surface area contributed by atoms with Crippen molar-refractivity contribution < 1.29 is 29.3 Å². The van der Waals surface area contributed by atoms with Gasteiger partial charge >= 0.3 is 5.97 Å². The molecule has 0 amide bonds. The number of rotatable bonds is 2. The second kappa shape index (κ2) is 12.9. The molecule has 4 unspecified atom stereocenters. The lowest BCUT2D eigenvalue weighted by Crippen LogP contribution is -2.45. The lowest BCUT2D eigenvalue weighted by molar-refractivity contribution is -0.155. The molecule has 2 heterocycles. The first-order chi connectivity index (χ1) is 16.3. The molecular formula is C27H41NO6S. The van der Waals surface area contributed by atoms with E-state index in [2.05, 4.69) is 4.98 Å². The highest BCUT2D eigenvalue weighted by Gasteiger charge is 2.42. The molecule has 1 aromatic heterocycles. The van der Waals surface area contributed by atoms with Crippen molar-refractivity contribution >= 4 is 29.2 Å². The molecule has 0 spiro atoms. The fourth-order valence-electron chi connectivity index (χ4n) is 4.21. The SMILES string of the molecule is C/C(=C\c1csc(C)n1)C1C[C@@H](C)OCC/C=C/C(C)C(O)C(C)C(=O)C(C)(C)[C@@H](O)CC(=O)O1. The van der Waals surface area contributed by atoms with Crippen molar-refractivity contribution in [1.82, 2.24) is 4.98 Å². The number of aliphatic hydroxyl groups excluding tert-OH is 2. The molecule has 6 atom stereocenters. The largest absolute Gasteiger partial charge is 0.458 e. The number of carbonyl (C=O) groups excluding carboxylic acids is 2. The van der Waals surface area contributed by atoms with Gasteiger partial charge in [-0.1, -0.05) is 39.8 Å². The summed E-state index contributed by atoms with van der Waals surface area (Å²) in [6, 6.07) is 0. The second-order valence-corrected chi connectivity index (χ2v) is 11.3. The minimum atomic E-state index is -1.25. The number of hydrogen-bond acceptors (Lipinski definition) is 8. The van der Waals surface area contributed by atoms with Gasteiger partial charge < -0.3 is 19.7 Å². The molecular weight excluding hydrogens is 466 g/mol. The van der Waals surface area contributed by atoms with Gasteiger partial charge in [-0.3, -0.25) is 9.59 Å². The Balaban J connectivity index is 2.31. The Labute approximate surface area is 213 Å². The third-order valence-corrected chi connectivity index (χ3v) is 7.55. The van der Waals surface area contributed by atoms with Crippen LogP contribution in [0.5, 0.6) is 0 Å². The Morgan fingerprint density at radius 3 is 2.54 bits per heavy atom. The fraction of sp³-hybridized carbons (Fsp3) is 0.667. The first-order valence-corrected chi connectivity index (χ1v) is 13.2. The first kappa shape index (κ1) is 29.4. The standard InChI is InChI=1S/C27H41NO6S/c1-16-10-8-9-11-33-18(3)13-22(17(2)12-21-15-35-20(5)28-21)34-24(30)14-23(29)27(6,7)26(32)19(4)25(16)31/h8,10,12,15-16,18-19,22-23,25,29,31H,9,11,13-14H2,1-7H3/b10-8+,17-12+/t16?,18-,19?,22?,23+,25?/m1/s1. The van der Waals surface area contributed by atoms with Gasteiger partial charge in [0.15, 0.2) is 0 Å². The van der Waals surface area contributed by atoms with E-state index in [-0.39, 0.29) is 24.2 Å². The van der Waals surface area contributed by atoms with Crippen molar-refractivity contribution in [2.45, 2.75) is 92.1 Å². The average molecular weight is 508 g/mol. The molecule has 1 aliphatic heterocycles. The van der Waals surface area contributed by atoms with Crippen LogP contribution >= 0.6 is 11.3 Å². The van der Waals surface area contributed by atoms with Crippen molar-refractivity contribution in [3.8, 4) is 0 Å². The van der Waals surface area contributed by atoms with Crippen LogP contribution in [0.3, 0.4) is 0 Å². The zero-order valence-corrected chi connectivity index (χ0v) is 22.8. The van der Waals surface area contributed by atoms with Gasteiger partial charge in [0.05, 0.1) is 47.5 Å². The minimum Gasteiger partial charge on any atom is -0.458 e. The van der Waals surface area contributed by atoms with Gasteiger partial charge in [-0.25, -0.2) is 4.98 Å². The van der Waals surface area contributed by atoms with Crippen LogP contribution < -0.4 is 0 Å². The topological polar surface area (TPSA) is 106 Å². The molecule has 0 fully saturated rings. The van der Waals surface area contributed by atoms with Gasteiger partial charge in [0.1, 0.15) is 11.9 Å². The number of cyclic esters (lactones) is 1. The highest BCUT2D eigenvalue weighted by atomic mass is 32.1. The van der Waals surface area contributed by atoms with Crippen molar-refractivity contribution in [2.24, 2.45) is 17.3 Å². The molecule has 7 nitrogen and oxygen atoms in total. The Hall–Kier alpha value is -1.87. The van der Waals surface area contributed by atoms with E-state index >= 15 is 0 Å². The molecule has 2 N–H and O–H groups in total. The van der Waals surface area contributed by atoms with Crippen LogP contribution in [-0.4, -0.2) is 58.0 Å². The van der Waals surface area contributed by atoms with Crippen molar-refractivity contribution in [3.05, 3.63) is 33.8 Å². The van der Waals surface area contributed by atoms with E-state index in [4.69, 9.17) is 9.47 Å². The van der Waals surface area contributed by atoms with Gasteiger partial charge in [-0.05, 0) is 38.8 Å². The monoisotopic (exact) mass is 507 g/mol. The summed E-state index contributed by atoms with van der Waals surface area (Å²) in [7, 11) is 0. The quantitative estimate of drug-likeness (QED) is 0.448. The molecule has 1 aliphatic rings. The number of hydrogen-bond donors (Lipinski definition) is 2. The molecule has 196 valence electrons. The highest BCUT2D eigenvalue weighted by molar-refractivity contribution is 7.09. The maximum absolute atomic E-state index is 13.2. The van der Waals surface area contributed by atoms with E-state index in [1.54, 1.807) is 32.1 Å². The fourth-order valence-corrected chi connectivity index (χ4v) is 4.78. The van der Waals surface area contributed by atoms with Crippen LogP contribution in [-0.2, 0) is 19.1 Å². The first-order valence-electron chi connectivity index (χ1n) is 12.3. The van der Waals surface area contributed by atoms with E-state index in [9.17, 15) is 19.8 Å². The summed E-state index contributed by atoms with van der Waals surface area (Å²) >= 11 is 1.55. The summed E-state index contributed by atoms with van der Waals surface area (Å²) in [5, 5.41) is 24.5. The number of aryl methyl sites for hydroxylation is 1. The molecule has 8 heteroatoms. The molecule has 35 heavy (non-hydrogen) atoms. The molecule has 2 rings (SSSR count). The van der Waals surface area contributed by atoms with Crippen LogP contribution in [0, 0.1) is 24.2 Å². The molecule has 0 saturated heterocycles. The molecule has 0 radical (unpaired) electrons. The number of Topliss-reactive ketones (excluding diaryl/α,β-unsaturated/α-hetero) is 1. The van der Waals surface area contributed by atoms with Crippen molar-refractivity contribution in [2.75, 3.05) is 6.61 Å². The lowest BCUT2D eigenvalue weighted by Gasteiger charge is -2.34. The van der Waals surface area contributed by atoms with Crippen LogP contribution in [0.1, 0.15) is 71.5 Å². The summed E-state index contributed by atoms with van der Waals surface area (Å²) in [6.45, 7) is 13.0. The Bertz CT molecular complexity index is 921. The minimum absolute atomic E-state index is 0.177. The summed E-state index contributed by atoms with van der Waals surface area (Å²) in [5.74, 6) is -1.84. The third-order valence-electron chi connectivity index (χ3n) is 6.76. The molecule has 0 aliphatic carbocycles. The smallest absolute Gasteiger partial charge is 0.309 e. The number of nitrogens with zero attached hydrogens (tertiary/aromatic N) is 1. The summed E-state index contributed by atoms with van der Waals surface area (Å²) in [6.07, 6.45) is 3.63. The van der Waals surface area contributed by atoms with Crippen LogP contribution in [0.15, 0.2) is 23.1 Å². The second-order valence-electron chi connectivity index (χ2n) is 10.2. The van der Waals surface area contributed by atoms with Crippen LogP contribution in [0.4, 0.5) is 0 Å². The maximum Gasteiger partial charge on any atom is 0.309 e. The molecule has 0 aromatic carbocycles. The van der Waals surface area contributed by atoms with E-state index in [0.29, 0.717) is 19.4 Å². The predicted octanol–water partition coefficient (Wildman–Crippen LogP) is 4.50. The molecule has 1 aromatic rings. The summed E-state index contributed by atoms with van der Waals surface area (Å²) in [4.78, 5) is 30.5. The summed E-state index contributed by atoms with van der Waals surface area (Å²) in [5.41, 5.74) is 0.398. The maximum atomic E-state index is 13.2. The lowest BCUT2D eigenvalue weighted by atomic mass is 9.73. The number of thiazole rings is 1. The zero-order chi connectivity index (χ0) is 26.3. The normalized spacial score (nSPS) is 33.1. The molecule has 0 bridgehead atoms. The average Bonchev–Trinajstić information content (AvgIpc) is 3.20. The Kier molecular flexibility index (Phi) is 10.8. The predicted molar refractivity (Wildman–Crippen MR) is 138 cm³/mol. The highest BCUT2D eigenvalue weighted by Crippen LogP contribution is 2.31. The van der Waals surface area contributed by atoms with Crippen molar-refractivity contribution in [3.63, 3.8) is 0 Å². The van der Waals surface area contributed by atoms with Gasteiger partial charge in [-0.15, -0.1) is 11.3 Å². The number of aromatic nitrogens is 1. The van der Waals surface area contributed by atoms with E-state index in [0.717, 1.165) is 16.3 Å². The number of ether oxygens (including phenoxy) is 2. The van der Waals surface area contributed by atoms with Crippen LogP contribution in [0.25, 0.3) is 6.08 Å². The Morgan fingerprint density at radius 1 is 1.23 bits per heavy atom. The van der Waals surface area contributed by atoms with Crippen molar-refractivity contribution in [1.29, 1.82) is 0 Å². The third kappa shape index (κ3) is 8.34. The zero-order valence-electron chi connectivity index (χ0n) is 22.0. The van der Waals surface area contributed by atoms with E-state index < -0.39 is 35.6 Å².